The zero-order valence-electron chi connectivity index (χ0n) is 11.3. The van der Waals surface area contributed by atoms with Gasteiger partial charge in [-0.3, -0.25) is 10.1 Å². The number of nitro benzene ring substituents is 1. The van der Waals surface area contributed by atoms with Crippen LogP contribution in [0.3, 0.4) is 0 Å². The van der Waals surface area contributed by atoms with Gasteiger partial charge in [0.15, 0.2) is 11.6 Å². The van der Waals surface area contributed by atoms with Crippen molar-refractivity contribution in [3.8, 4) is 5.75 Å². The van der Waals surface area contributed by atoms with Gasteiger partial charge in [-0.25, -0.2) is 9.18 Å². The number of ether oxygens (including phenoxy) is 2. The van der Waals surface area contributed by atoms with Gasteiger partial charge < -0.3 is 9.47 Å². The van der Waals surface area contributed by atoms with E-state index >= 15 is 0 Å². The van der Waals surface area contributed by atoms with Crippen LogP contribution >= 0.6 is 0 Å². The van der Waals surface area contributed by atoms with Crippen LogP contribution in [0.15, 0.2) is 42.5 Å². The Bertz CT molecular complexity index is 672. The Balaban J connectivity index is 1.79. The number of carbonyl (C=O) groups is 1. The van der Waals surface area contributed by atoms with Crippen LogP contribution in [0.25, 0.3) is 0 Å². The highest BCUT2D eigenvalue weighted by Gasteiger charge is 2.10. The molecule has 0 saturated carbocycles. The molecule has 0 unspecified atom stereocenters. The van der Waals surface area contributed by atoms with Gasteiger partial charge in [0.25, 0.3) is 5.69 Å². The number of non-ortho nitro benzene ring substituents is 1. The number of nitro groups is 1. The highest BCUT2D eigenvalue weighted by Crippen LogP contribution is 2.16. The molecule has 0 spiro atoms. The molecule has 0 saturated heterocycles. The number of rotatable bonds is 5. The summed E-state index contributed by atoms with van der Waals surface area (Å²) in [4.78, 5) is 21.4. The molecular formula is C15H11FNO5. The molecule has 0 N–H and O–H groups in total. The Morgan fingerprint density at radius 2 is 2.00 bits per heavy atom. The van der Waals surface area contributed by atoms with Gasteiger partial charge in [-0.2, -0.15) is 0 Å². The molecular weight excluding hydrogens is 293 g/mol. The molecule has 22 heavy (non-hydrogen) atoms. The van der Waals surface area contributed by atoms with Crippen LogP contribution in [-0.4, -0.2) is 17.7 Å². The maximum Gasteiger partial charge on any atom is 0.513 e. The summed E-state index contributed by atoms with van der Waals surface area (Å²) >= 11 is 0. The van der Waals surface area contributed by atoms with Gasteiger partial charge in [0.2, 0.25) is 0 Å². The van der Waals surface area contributed by atoms with E-state index in [0.29, 0.717) is 6.42 Å². The Kier molecular flexibility index (Phi) is 5.02. The summed E-state index contributed by atoms with van der Waals surface area (Å²) in [5, 5.41) is 10.5. The summed E-state index contributed by atoms with van der Waals surface area (Å²) in [5.74, 6) is -0.950. The molecule has 0 aliphatic heterocycles. The average molecular weight is 304 g/mol. The normalized spacial score (nSPS) is 10.0. The van der Waals surface area contributed by atoms with Crippen molar-refractivity contribution in [2.75, 3.05) is 6.61 Å². The zero-order chi connectivity index (χ0) is 15.9. The SMILES string of the molecule is O=C(OCCc1ccc([N+](=O)[O-])cc1)Oc1cc[c]cc1F. The van der Waals surface area contributed by atoms with Crippen molar-refractivity contribution < 1.29 is 23.6 Å². The van der Waals surface area contributed by atoms with Crippen LogP contribution in [0.4, 0.5) is 14.9 Å². The topological polar surface area (TPSA) is 78.7 Å². The van der Waals surface area contributed by atoms with E-state index in [-0.39, 0.29) is 18.0 Å². The first-order chi connectivity index (χ1) is 10.6. The van der Waals surface area contributed by atoms with Crippen molar-refractivity contribution in [2.24, 2.45) is 0 Å². The van der Waals surface area contributed by atoms with Crippen LogP contribution < -0.4 is 4.74 Å². The van der Waals surface area contributed by atoms with Crippen LogP contribution in [0.5, 0.6) is 5.75 Å². The van der Waals surface area contributed by atoms with E-state index in [1.54, 1.807) is 12.1 Å². The Morgan fingerprint density at radius 3 is 2.64 bits per heavy atom. The summed E-state index contributed by atoms with van der Waals surface area (Å²) in [6.45, 7) is 0.0111. The number of hydrogen-bond acceptors (Lipinski definition) is 5. The van der Waals surface area contributed by atoms with Crippen molar-refractivity contribution in [3.05, 3.63) is 70.0 Å². The van der Waals surface area contributed by atoms with E-state index < -0.39 is 16.9 Å². The third kappa shape index (κ3) is 4.27. The van der Waals surface area contributed by atoms with E-state index in [0.717, 1.165) is 11.6 Å². The lowest BCUT2D eigenvalue weighted by Crippen LogP contribution is -2.13. The van der Waals surface area contributed by atoms with E-state index in [4.69, 9.17) is 4.74 Å². The third-order valence-electron chi connectivity index (χ3n) is 2.73. The van der Waals surface area contributed by atoms with Crippen molar-refractivity contribution in [1.82, 2.24) is 0 Å². The highest BCUT2D eigenvalue weighted by atomic mass is 19.1. The van der Waals surface area contributed by atoms with Gasteiger partial charge in [0.1, 0.15) is 0 Å². The lowest BCUT2D eigenvalue weighted by atomic mass is 10.1. The molecule has 0 aliphatic carbocycles. The maximum atomic E-state index is 13.2. The summed E-state index contributed by atoms with van der Waals surface area (Å²) in [6.07, 6.45) is -0.662. The van der Waals surface area contributed by atoms with E-state index in [9.17, 15) is 19.3 Å². The minimum Gasteiger partial charge on any atom is -0.434 e. The second kappa shape index (κ2) is 7.16. The minimum absolute atomic E-state index is 0.0111. The Hall–Kier alpha value is -2.96. The molecule has 7 heteroatoms. The second-order valence-corrected chi connectivity index (χ2v) is 4.23. The molecule has 2 aromatic rings. The lowest BCUT2D eigenvalue weighted by molar-refractivity contribution is -0.384. The van der Waals surface area contributed by atoms with E-state index in [1.165, 1.54) is 24.3 Å². The summed E-state index contributed by atoms with van der Waals surface area (Å²) < 4.78 is 22.7. The first kappa shape index (κ1) is 15.4. The van der Waals surface area contributed by atoms with Crippen molar-refractivity contribution in [1.29, 1.82) is 0 Å². The molecule has 1 radical (unpaired) electrons. The molecule has 113 valence electrons. The predicted octanol–water partition coefficient (Wildman–Crippen LogP) is 3.29. The van der Waals surface area contributed by atoms with Crippen molar-refractivity contribution in [2.45, 2.75) is 6.42 Å². The Morgan fingerprint density at radius 1 is 1.27 bits per heavy atom. The van der Waals surface area contributed by atoms with Crippen LogP contribution in [0, 0.1) is 22.0 Å². The number of hydrogen-bond donors (Lipinski definition) is 0. The summed E-state index contributed by atoms with van der Waals surface area (Å²) in [5.41, 5.74) is 0.749. The molecule has 0 aliphatic rings. The summed E-state index contributed by atoms with van der Waals surface area (Å²) in [7, 11) is 0. The fraction of sp³-hybridized carbons (Fsp3) is 0.133. The van der Waals surface area contributed by atoms with Crippen molar-refractivity contribution in [3.63, 3.8) is 0 Å². The minimum atomic E-state index is -1.02. The van der Waals surface area contributed by atoms with E-state index in [2.05, 4.69) is 10.8 Å². The quantitative estimate of drug-likeness (QED) is 0.366. The number of halogens is 1. The largest absolute Gasteiger partial charge is 0.513 e. The molecule has 0 heterocycles. The lowest BCUT2D eigenvalue weighted by Gasteiger charge is -2.06. The van der Waals surface area contributed by atoms with E-state index in [1.807, 2.05) is 0 Å². The van der Waals surface area contributed by atoms with Crippen molar-refractivity contribution >= 4 is 11.8 Å². The standard InChI is InChI=1S/C15H11FNO5/c16-13-3-1-2-4-14(13)22-15(18)21-10-9-11-5-7-12(8-6-11)17(19)20/h2-8H,9-10H2. The summed E-state index contributed by atoms with van der Waals surface area (Å²) in [6, 6.07) is 12.1. The van der Waals surface area contributed by atoms with Gasteiger partial charge >= 0.3 is 6.16 Å². The molecule has 0 atom stereocenters. The van der Waals surface area contributed by atoms with Crippen LogP contribution in [0.1, 0.15) is 5.56 Å². The monoisotopic (exact) mass is 304 g/mol. The van der Waals surface area contributed by atoms with Gasteiger partial charge in [0.05, 0.1) is 11.5 Å². The first-order valence-corrected chi connectivity index (χ1v) is 6.30. The fourth-order valence-corrected chi connectivity index (χ4v) is 1.63. The smallest absolute Gasteiger partial charge is 0.434 e. The Labute approximate surface area is 125 Å². The first-order valence-electron chi connectivity index (χ1n) is 6.30. The van der Waals surface area contributed by atoms with Gasteiger partial charge in [0, 0.05) is 18.6 Å². The highest BCUT2D eigenvalue weighted by molar-refractivity contribution is 5.63. The molecule has 0 amide bonds. The van der Waals surface area contributed by atoms with Gasteiger partial charge in [-0.05, 0) is 23.8 Å². The molecule has 0 bridgehead atoms. The molecule has 2 aromatic carbocycles. The number of benzene rings is 2. The zero-order valence-corrected chi connectivity index (χ0v) is 11.3. The van der Waals surface area contributed by atoms with Gasteiger partial charge in [-0.1, -0.05) is 18.2 Å². The number of carbonyl (C=O) groups excluding carboxylic acids is 1. The second-order valence-electron chi connectivity index (χ2n) is 4.23. The predicted molar refractivity (Wildman–Crippen MR) is 74.0 cm³/mol. The molecule has 6 nitrogen and oxygen atoms in total. The molecule has 0 fully saturated rings. The third-order valence-corrected chi connectivity index (χ3v) is 2.73. The maximum absolute atomic E-state index is 13.2. The van der Waals surface area contributed by atoms with Gasteiger partial charge in [-0.15, -0.1) is 0 Å². The molecule has 2 rings (SSSR count). The van der Waals surface area contributed by atoms with Crippen LogP contribution in [-0.2, 0) is 11.2 Å². The van der Waals surface area contributed by atoms with Crippen LogP contribution in [0.2, 0.25) is 0 Å². The number of nitrogens with zero attached hydrogens (tertiary/aromatic N) is 1. The molecule has 0 aromatic heterocycles. The fourth-order valence-electron chi connectivity index (χ4n) is 1.63. The average Bonchev–Trinajstić information content (AvgIpc) is 2.50.